The number of piperidine rings is 1. The molecule has 1 atom stereocenters. The van der Waals surface area contributed by atoms with Crippen molar-refractivity contribution < 1.29 is 22.7 Å². The number of sulfonamides is 1. The molecular weight excluding hydrogens is 458 g/mol. The Morgan fingerprint density at radius 2 is 1.82 bits per heavy atom. The van der Waals surface area contributed by atoms with Crippen molar-refractivity contribution >= 4 is 21.8 Å². The SMILES string of the molecule is C[C@@H](C[CH]C(=O)NCCN1CCN(S(=O)(=O)c2ccc(OC3CCNCC3)cc2)CC1)C(N)=O. The van der Waals surface area contributed by atoms with Crippen molar-refractivity contribution in [3.8, 4) is 5.75 Å². The van der Waals surface area contributed by atoms with E-state index < -0.39 is 15.9 Å². The van der Waals surface area contributed by atoms with E-state index >= 15 is 0 Å². The topological polar surface area (TPSA) is 134 Å². The molecule has 4 N–H and O–H groups in total. The molecule has 2 aliphatic rings. The number of benzene rings is 1. The molecule has 2 saturated heterocycles. The molecule has 0 bridgehead atoms. The van der Waals surface area contributed by atoms with Gasteiger partial charge in [0.15, 0.2) is 0 Å². The summed E-state index contributed by atoms with van der Waals surface area (Å²) < 4.78 is 33.5. The minimum Gasteiger partial charge on any atom is -0.490 e. The highest BCUT2D eigenvalue weighted by molar-refractivity contribution is 7.89. The Bertz CT molecular complexity index is 910. The summed E-state index contributed by atoms with van der Waals surface area (Å²) in [6, 6.07) is 6.69. The van der Waals surface area contributed by atoms with E-state index in [0.29, 0.717) is 51.4 Å². The highest BCUT2D eigenvalue weighted by Crippen LogP contribution is 2.22. The van der Waals surface area contributed by atoms with Gasteiger partial charge in [-0.1, -0.05) is 6.92 Å². The number of nitrogens with zero attached hydrogens (tertiary/aromatic N) is 2. The Morgan fingerprint density at radius 1 is 1.18 bits per heavy atom. The number of nitrogens with two attached hydrogens (primary N) is 1. The third kappa shape index (κ3) is 7.66. The van der Waals surface area contributed by atoms with Gasteiger partial charge in [0.25, 0.3) is 0 Å². The van der Waals surface area contributed by atoms with E-state index in [-0.39, 0.29) is 22.8 Å². The summed E-state index contributed by atoms with van der Waals surface area (Å²) in [6.45, 7) is 6.60. The van der Waals surface area contributed by atoms with E-state index in [1.165, 1.54) is 10.7 Å². The lowest BCUT2D eigenvalue weighted by Crippen LogP contribution is -2.50. The van der Waals surface area contributed by atoms with Crippen molar-refractivity contribution in [3.63, 3.8) is 0 Å². The fraction of sp³-hybridized carbons (Fsp3) is 0.609. The first-order valence-corrected chi connectivity index (χ1v) is 13.3. The molecule has 2 amide bonds. The molecule has 0 unspecified atom stereocenters. The number of amides is 2. The zero-order chi connectivity index (χ0) is 24.6. The van der Waals surface area contributed by atoms with Gasteiger partial charge in [-0.2, -0.15) is 4.31 Å². The molecule has 2 heterocycles. The van der Waals surface area contributed by atoms with Crippen molar-refractivity contribution in [1.29, 1.82) is 0 Å². The third-order valence-corrected chi connectivity index (χ3v) is 8.16. The van der Waals surface area contributed by atoms with Gasteiger partial charge in [0.1, 0.15) is 11.9 Å². The smallest absolute Gasteiger partial charge is 0.243 e. The summed E-state index contributed by atoms with van der Waals surface area (Å²) in [5.41, 5.74) is 5.19. The molecule has 0 aliphatic carbocycles. The molecular formula is C23H36N5O5S. The fourth-order valence-corrected chi connectivity index (χ4v) is 5.37. The zero-order valence-corrected chi connectivity index (χ0v) is 20.6. The molecule has 2 fully saturated rings. The van der Waals surface area contributed by atoms with Crippen LogP contribution in [0, 0.1) is 12.3 Å². The second-order valence-electron chi connectivity index (χ2n) is 8.82. The minimum absolute atomic E-state index is 0.165. The molecule has 1 radical (unpaired) electrons. The van der Waals surface area contributed by atoms with Crippen LogP contribution in [-0.2, 0) is 19.6 Å². The number of hydrogen-bond donors (Lipinski definition) is 3. The van der Waals surface area contributed by atoms with Crippen LogP contribution in [0.3, 0.4) is 0 Å². The largest absolute Gasteiger partial charge is 0.490 e. The van der Waals surface area contributed by atoms with Gasteiger partial charge < -0.3 is 21.1 Å². The second kappa shape index (κ2) is 12.5. The molecule has 0 aromatic heterocycles. The van der Waals surface area contributed by atoms with Crippen LogP contribution < -0.4 is 21.1 Å². The van der Waals surface area contributed by atoms with Crippen LogP contribution in [0.25, 0.3) is 0 Å². The average Bonchev–Trinajstić information content (AvgIpc) is 2.84. The lowest BCUT2D eigenvalue weighted by Gasteiger charge is -2.34. The summed E-state index contributed by atoms with van der Waals surface area (Å²) in [5.74, 6) is -0.349. The van der Waals surface area contributed by atoms with Crippen LogP contribution in [0.1, 0.15) is 26.2 Å². The summed E-state index contributed by atoms with van der Waals surface area (Å²) in [4.78, 5) is 25.3. The summed E-state index contributed by atoms with van der Waals surface area (Å²) in [5, 5.41) is 6.09. The predicted octanol–water partition coefficient (Wildman–Crippen LogP) is -0.0443. The molecule has 34 heavy (non-hydrogen) atoms. The summed E-state index contributed by atoms with van der Waals surface area (Å²) in [6.07, 6.45) is 3.80. The molecule has 1 aromatic rings. The van der Waals surface area contributed by atoms with E-state index in [4.69, 9.17) is 10.5 Å². The number of piperazine rings is 1. The Morgan fingerprint density at radius 3 is 2.44 bits per heavy atom. The van der Waals surface area contributed by atoms with Crippen molar-refractivity contribution in [1.82, 2.24) is 19.8 Å². The maximum Gasteiger partial charge on any atom is 0.243 e. The van der Waals surface area contributed by atoms with E-state index in [2.05, 4.69) is 15.5 Å². The van der Waals surface area contributed by atoms with Crippen LogP contribution in [0.15, 0.2) is 29.2 Å². The quantitative estimate of drug-likeness (QED) is 0.393. The monoisotopic (exact) mass is 494 g/mol. The predicted molar refractivity (Wildman–Crippen MR) is 128 cm³/mol. The van der Waals surface area contributed by atoms with Gasteiger partial charge in [0.2, 0.25) is 21.8 Å². The lowest BCUT2D eigenvalue weighted by molar-refractivity contribution is -0.121. The van der Waals surface area contributed by atoms with Gasteiger partial charge in [-0.15, -0.1) is 0 Å². The van der Waals surface area contributed by atoms with Crippen LogP contribution >= 0.6 is 0 Å². The molecule has 2 aliphatic heterocycles. The maximum atomic E-state index is 13.0. The zero-order valence-electron chi connectivity index (χ0n) is 19.7. The van der Waals surface area contributed by atoms with Crippen molar-refractivity contribution in [2.45, 2.75) is 37.2 Å². The van der Waals surface area contributed by atoms with E-state index in [9.17, 15) is 18.0 Å². The maximum absolute atomic E-state index is 13.0. The Hall–Kier alpha value is -2.21. The fourth-order valence-electron chi connectivity index (χ4n) is 3.95. The molecule has 0 spiro atoms. The highest BCUT2D eigenvalue weighted by atomic mass is 32.2. The van der Waals surface area contributed by atoms with Crippen molar-refractivity contribution in [3.05, 3.63) is 30.7 Å². The van der Waals surface area contributed by atoms with Gasteiger partial charge in [0, 0.05) is 45.2 Å². The number of primary amides is 1. The molecule has 189 valence electrons. The molecule has 3 rings (SSSR count). The molecule has 11 heteroatoms. The minimum atomic E-state index is -3.56. The first-order chi connectivity index (χ1) is 16.3. The van der Waals surface area contributed by atoms with Crippen molar-refractivity contribution in [2.75, 3.05) is 52.4 Å². The number of hydrogen-bond acceptors (Lipinski definition) is 7. The van der Waals surface area contributed by atoms with E-state index in [1.807, 2.05) is 0 Å². The number of carbonyl (C=O) groups is 2. The summed E-state index contributed by atoms with van der Waals surface area (Å²) >= 11 is 0. The summed E-state index contributed by atoms with van der Waals surface area (Å²) in [7, 11) is -3.56. The molecule has 10 nitrogen and oxygen atoms in total. The Kier molecular flexibility index (Phi) is 9.69. The number of ether oxygens (including phenoxy) is 1. The van der Waals surface area contributed by atoms with Gasteiger partial charge >= 0.3 is 0 Å². The molecule has 0 saturated carbocycles. The molecule has 1 aromatic carbocycles. The third-order valence-electron chi connectivity index (χ3n) is 6.25. The number of nitrogens with one attached hydrogen (secondary N) is 2. The number of rotatable bonds is 11. The van der Waals surface area contributed by atoms with Gasteiger partial charge in [0.05, 0.1) is 11.3 Å². The van der Waals surface area contributed by atoms with Crippen molar-refractivity contribution in [2.24, 2.45) is 11.7 Å². The van der Waals surface area contributed by atoms with Crippen LogP contribution in [0.5, 0.6) is 5.75 Å². The average molecular weight is 495 g/mol. The number of carbonyl (C=O) groups excluding carboxylic acids is 2. The van der Waals surface area contributed by atoms with Gasteiger partial charge in [-0.25, -0.2) is 8.42 Å². The first kappa shape index (κ1) is 26.4. The first-order valence-electron chi connectivity index (χ1n) is 11.9. The van der Waals surface area contributed by atoms with Crippen LogP contribution in [0.2, 0.25) is 0 Å². The Balaban J connectivity index is 1.39. The van der Waals surface area contributed by atoms with Gasteiger partial charge in [-0.3, -0.25) is 14.5 Å². The van der Waals surface area contributed by atoms with Gasteiger partial charge in [-0.05, 0) is 56.6 Å². The normalized spacial score (nSPS) is 19.4. The second-order valence-corrected chi connectivity index (χ2v) is 10.8. The Labute approximate surface area is 202 Å². The van der Waals surface area contributed by atoms with Crippen LogP contribution in [-0.4, -0.2) is 87.9 Å². The standard InChI is InChI=1S/C23H36N5O5S/c1-18(23(24)30)2-7-22(29)26-12-13-27-14-16-28(17-15-27)34(31,32)21-5-3-19(4-6-21)33-20-8-10-25-11-9-20/h3-7,18,20,25H,2,8-17H2,1H3,(H2,24,30)(H,26,29)/t18-/m0/s1. The van der Waals surface area contributed by atoms with E-state index in [0.717, 1.165) is 25.9 Å². The highest BCUT2D eigenvalue weighted by Gasteiger charge is 2.28. The van der Waals surface area contributed by atoms with Crippen LogP contribution in [0.4, 0.5) is 0 Å². The van der Waals surface area contributed by atoms with E-state index in [1.54, 1.807) is 31.2 Å². The lowest BCUT2D eigenvalue weighted by atomic mass is 10.1.